The third kappa shape index (κ3) is 5.70. The van der Waals surface area contributed by atoms with E-state index < -0.39 is 22.0 Å². The zero-order valence-corrected chi connectivity index (χ0v) is 25.3. The van der Waals surface area contributed by atoms with E-state index in [1.54, 1.807) is 12.2 Å². The van der Waals surface area contributed by atoms with Gasteiger partial charge >= 0.3 is 0 Å². The number of hydrogen-bond donors (Lipinski definition) is 0. The lowest BCUT2D eigenvalue weighted by Gasteiger charge is -2.41. The Morgan fingerprint density at radius 2 is 1.41 bits per heavy atom. The highest BCUT2D eigenvalue weighted by Crippen LogP contribution is 2.42. The molecule has 0 saturated heterocycles. The van der Waals surface area contributed by atoms with Crippen LogP contribution in [-0.4, -0.2) is 22.2 Å². The van der Waals surface area contributed by atoms with Crippen LogP contribution in [0.2, 0.25) is 39.8 Å². The van der Waals surface area contributed by atoms with E-state index in [9.17, 15) is 4.79 Å². The molecule has 1 aliphatic rings. The summed E-state index contributed by atoms with van der Waals surface area (Å²) in [6.45, 7) is 20.6. The first-order chi connectivity index (χ1) is 15.9. The minimum absolute atomic E-state index is 0.0107. The van der Waals surface area contributed by atoms with Gasteiger partial charge in [0.05, 0.1) is 0 Å². The van der Waals surface area contributed by atoms with Crippen LogP contribution in [0.25, 0.3) is 0 Å². The molecule has 1 aromatic carbocycles. The molecule has 0 atom stereocenters. The summed E-state index contributed by atoms with van der Waals surface area (Å²) in [5.41, 5.74) is 6.57. The van der Waals surface area contributed by atoms with Crippen molar-refractivity contribution < 1.29 is 9.22 Å². The predicted octanol–water partition coefficient (Wildman–Crippen LogP) is 8.82. The lowest BCUT2D eigenvalue weighted by atomic mass is 9.86. The highest BCUT2D eigenvalue weighted by atomic mass is 35.5. The van der Waals surface area contributed by atoms with E-state index in [1.807, 2.05) is 30.4 Å². The molecule has 0 heterocycles. The summed E-state index contributed by atoms with van der Waals surface area (Å²) in [6.07, 6.45) is 7.15. The van der Waals surface area contributed by atoms with Gasteiger partial charge in [0.2, 0.25) is 0 Å². The first-order valence-electron chi connectivity index (χ1n) is 12.9. The van der Waals surface area contributed by atoms with Gasteiger partial charge in [0.15, 0.2) is 14.1 Å². The number of allylic oxidation sites excluding steroid dienone is 2. The molecule has 186 valence electrons. The van der Waals surface area contributed by atoms with Gasteiger partial charge in [-0.15, -0.1) is 5.54 Å². The molecule has 0 aromatic heterocycles. The van der Waals surface area contributed by atoms with E-state index in [4.69, 9.17) is 16.0 Å². The van der Waals surface area contributed by atoms with Crippen LogP contribution in [0.5, 0.6) is 0 Å². The summed E-state index contributed by atoms with van der Waals surface area (Å²) in [5, 5.41) is 0.666. The van der Waals surface area contributed by atoms with Gasteiger partial charge in [0, 0.05) is 16.1 Å². The van der Waals surface area contributed by atoms with Gasteiger partial charge in [0.25, 0.3) is 0 Å². The number of benzene rings is 1. The van der Waals surface area contributed by atoms with E-state index in [0.717, 1.165) is 29.3 Å². The highest BCUT2D eigenvalue weighted by molar-refractivity contribution is 6.90. The van der Waals surface area contributed by atoms with Crippen LogP contribution in [0.4, 0.5) is 0 Å². The van der Waals surface area contributed by atoms with Crippen LogP contribution in [0, 0.1) is 11.5 Å². The normalized spacial score (nSPS) is 15.9. The molecule has 1 aromatic rings. The Morgan fingerprint density at radius 3 is 1.85 bits per heavy atom. The molecule has 0 N–H and O–H groups in total. The van der Waals surface area contributed by atoms with Crippen molar-refractivity contribution in [3.8, 4) is 11.5 Å². The van der Waals surface area contributed by atoms with Gasteiger partial charge in [-0.25, -0.2) is 0 Å². The SMILES string of the molecule is CC[Si](CC)(CC)OC1(c2ccc(Cl)cc2C#C[Si](C(C)C)(C(C)C)C(C)C)C=CC(=O)C=C1. The Bertz CT molecular complexity index is 945. The maximum atomic E-state index is 12.1. The van der Waals surface area contributed by atoms with Gasteiger partial charge in [-0.1, -0.05) is 85.9 Å². The van der Waals surface area contributed by atoms with Gasteiger partial charge in [0.1, 0.15) is 13.7 Å². The Kier molecular flexibility index (Phi) is 9.81. The average molecular weight is 515 g/mol. The number of hydrogen-bond acceptors (Lipinski definition) is 2. The highest BCUT2D eigenvalue weighted by Gasteiger charge is 2.43. The third-order valence-corrected chi connectivity index (χ3v) is 19.2. The van der Waals surface area contributed by atoms with Crippen molar-refractivity contribution in [2.24, 2.45) is 0 Å². The van der Waals surface area contributed by atoms with Crippen LogP contribution in [-0.2, 0) is 14.8 Å². The summed E-state index contributed by atoms with van der Waals surface area (Å²) in [4.78, 5) is 12.1. The molecule has 1 aliphatic carbocycles. The second-order valence-electron chi connectivity index (χ2n) is 10.5. The van der Waals surface area contributed by atoms with E-state index in [0.29, 0.717) is 21.6 Å². The van der Waals surface area contributed by atoms with Crippen LogP contribution in [0.3, 0.4) is 0 Å². The summed E-state index contributed by atoms with van der Waals surface area (Å²) < 4.78 is 7.12. The minimum Gasteiger partial charge on any atom is -0.400 e. The van der Waals surface area contributed by atoms with Gasteiger partial charge in [-0.2, -0.15) is 0 Å². The van der Waals surface area contributed by atoms with Crippen molar-refractivity contribution in [3.63, 3.8) is 0 Å². The van der Waals surface area contributed by atoms with Crippen molar-refractivity contribution in [2.45, 2.75) is 103 Å². The summed E-state index contributed by atoms with van der Waals surface area (Å²) in [6, 6.07) is 9.00. The molecule has 2 rings (SSSR count). The molecule has 0 bridgehead atoms. The average Bonchev–Trinajstić information content (AvgIpc) is 2.79. The molecule has 5 heteroatoms. The Labute approximate surface area is 215 Å². The number of ketones is 1. The zero-order valence-electron chi connectivity index (χ0n) is 22.6. The Hall–Kier alpha value is -1.39. The summed E-state index contributed by atoms with van der Waals surface area (Å²) in [5.74, 6) is 3.61. The Balaban J connectivity index is 2.79. The maximum absolute atomic E-state index is 12.1. The Morgan fingerprint density at radius 1 is 0.912 bits per heavy atom. The number of carbonyl (C=O) groups excluding carboxylic acids is 1. The summed E-state index contributed by atoms with van der Waals surface area (Å²) in [7, 11) is -3.95. The largest absolute Gasteiger partial charge is 0.400 e. The van der Waals surface area contributed by atoms with Crippen molar-refractivity contribution in [3.05, 3.63) is 58.7 Å². The molecule has 34 heavy (non-hydrogen) atoms. The standard InChI is InChI=1S/C29H43ClO2Si2/c1-10-33(11-2,12-3)32-29(18-15-27(31)16-19-29)28-14-13-26(30)21-25(28)17-20-34(22(4)5,23(6)7)24(8)9/h13-16,18-19,21-24H,10-12H2,1-9H3. The molecule has 0 unspecified atom stereocenters. The van der Waals surface area contributed by atoms with Crippen LogP contribution in [0.15, 0.2) is 42.5 Å². The number of rotatable bonds is 9. The van der Waals surface area contributed by atoms with Crippen molar-refractivity contribution in [1.29, 1.82) is 0 Å². The van der Waals surface area contributed by atoms with Gasteiger partial charge in [-0.05, 0) is 71.2 Å². The molecule has 0 aliphatic heterocycles. The quantitative estimate of drug-likeness (QED) is 0.243. The van der Waals surface area contributed by atoms with Crippen LogP contribution in [0.1, 0.15) is 73.4 Å². The number of halogens is 1. The van der Waals surface area contributed by atoms with Crippen LogP contribution >= 0.6 is 11.6 Å². The molecular formula is C29H43ClO2Si2. The lowest BCUT2D eigenvalue weighted by Crippen LogP contribution is -2.45. The fourth-order valence-corrected chi connectivity index (χ4v) is 14.0. The van der Waals surface area contributed by atoms with Crippen molar-refractivity contribution in [2.75, 3.05) is 0 Å². The molecular weight excluding hydrogens is 472 g/mol. The molecule has 0 radical (unpaired) electrons. The molecule has 2 nitrogen and oxygen atoms in total. The first kappa shape index (κ1) is 28.8. The van der Waals surface area contributed by atoms with Crippen molar-refractivity contribution >= 4 is 33.8 Å². The number of carbonyl (C=O) groups is 1. The first-order valence-corrected chi connectivity index (χ1v) is 18.0. The van der Waals surface area contributed by atoms with E-state index in [-0.39, 0.29) is 5.78 Å². The topological polar surface area (TPSA) is 26.3 Å². The summed E-state index contributed by atoms with van der Waals surface area (Å²) >= 11 is 6.50. The van der Waals surface area contributed by atoms with Gasteiger partial charge in [-0.3, -0.25) is 4.79 Å². The minimum atomic E-state index is -2.02. The second-order valence-corrected chi connectivity index (χ2v) is 21.3. The van der Waals surface area contributed by atoms with Gasteiger partial charge < -0.3 is 4.43 Å². The van der Waals surface area contributed by atoms with Crippen molar-refractivity contribution in [1.82, 2.24) is 0 Å². The second kappa shape index (κ2) is 11.6. The van der Waals surface area contributed by atoms with Crippen LogP contribution < -0.4 is 0 Å². The monoisotopic (exact) mass is 514 g/mol. The predicted molar refractivity (Wildman–Crippen MR) is 153 cm³/mol. The lowest BCUT2D eigenvalue weighted by molar-refractivity contribution is -0.110. The fraction of sp³-hybridized carbons (Fsp3) is 0.552. The molecule has 0 spiro atoms. The smallest absolute Gasteiger partial charge is 0.194 e. The third-order valence-electron chi connectivity index (χ3n) is 7.99. The molecule has 0 amide bonds. The van der Waals surface area contributed by atoms with E-state index >= 15 is 0 Å². The van der Waals surface area contributed by atoms with E-state index in [2.05, 4.69) is 73.8 Å². The zero-order chi connectivity index (χ0) is 25.7. The molecule has 0 fully saturated rings. The maximum Gasteiger partial charge on any atom is 0.194 e. The van der Waals surface area contributed by atoms with E-state index in [1.165, 1.54) is 0 Å². The fourth-order valence-electron chi connectivity index (χ4n) is 5.72. The molecule has 0 saturated carbocycles.